The van der Waals surface area contributed by atoms with Crippen molar-refractivity contribution >= 4 is 11.9 Å². The molecule has 0 radical (unpaired) electrons. The third-order valence-electron chi connectivity index (χ3n) is 2.77. The average Bonchev–Trinajstić information content (AvgIpc) is 2.92. The van der Waals surface area contributed by atoms with Crippen LogP contribution in [0, 0.1) is 11.5 Å². The van der Waals surface area contributed by atoms with Gasteiger partial charge in [-0.15, -0.1) is 0 Å². The Hall–Kier alpha value is -2.75. The Morgan fingerprint density at radius 2 is 2.50 bits per heavy atom. The van der Waals surface area contributed by atoms with Crippen LogP contribution in [0.1, 0.15) is 25.5 Å². The van der Waals surface area contributed by atoms with Gasteiger partial charge in [-0.25, -0.2) is 9.79 Å². The Morgan fingerprint density at radius 3 is 3.10 bits per heavy atom. The number of nitrogens with one attached hydrogen (secondary N) is 2. The molecule has 1 atom stereocenters. The van der Waals surface area contributed by atoms with Gasteiger partial charge in [-0.2, -0.15) is 5.26 Å². The van der Waals surface area contributed by atoms with Gasteiger partial charge in [0.05, 0.1) is 24.7 Å². The molecule has 0 bridgehead atoms. The number of hydrogen-bond donors (Lipinski definition) is 2. The summed E-state index contributed by atoms with van der Waals surface area (Å²) in [5, 5.41) is 14.0. The van der Waals surface area contributed by atoms with Crippen molar-refractivity contribution in [1.29, 1.82) is 5.26 Å². The van der Waals surface area contributed by atoms with E-state index in [1.54, 1.807) is 26.1 Å². The van der Waals surface area contributed by atoms with Gasteiger partial charge in [-0.1, -0.05) is 0 Å². The smallest absolute Gasteiger partial charge is 0.338 e. The molecule has 0 fully saturated rings. The van der Waals surface area contributed by atoms with E-state index in [0.29, 0.717) is 16.8 Å². The summed E-state index contributed by atoms with van der Waals surface area (Å²) in [6.45, 7) is 3.75. The third kappa shape index (κ3) is 2.64. The van der Waals surface area contributed by atoms with Crippen LogP contribution in [0.25, 0.3) is 0 Å². The summed E-state index contributed by atoms with van der Waals surface area (Å²) in [5.74, 6) is -0.160. The normalized spacial score (nSPS) is 17.9. The molecule has 1 aromatic rings. The highest BCUT2D eigenvalue weighted by Crippen LogP contribution is 2.31. The minimum absolute atomic E-state index is 0.279. The molecule has 1 unspecified atom stereocenters. The Labute approximate surface area is 115 Å². The van der Waals surface area contributed by atoms with Crippen LogP contribution in [0.2, 0.25) is 0 Å². The minimum Gasteiger partial charge on any atom is -0.472 e. The molecule has 0 saturated heterocycles. The molecule has 2 N–H and O–H groups in total. The van der Waals surface area contributed by atoms with Gasteiger partial charge in [0.15, 0.2) is 6.19 Å². The lowest BCUT2D eigenvalue weighted by atomic mass is 9.99. The summed E-state index contributed by atoms with van der Waals surface area (Å²) in [6.07, 6.45) is 4.80. The van der Waals surface area contributed by atoms with E-state index in [1.807, 2.05) is 0 Å². The molecule has 0 amide bonds. The maximum absolute atomic E-state index is 12.1. The van der Waals surface area contributed by atoms with E-state index in [9.17, 15) is 4.79 Å². The molecule has 20 heavy (non-hydrogen) atoms. The van der Waals surface area contributed by atoms with Gasteiger partial charge in [-0.3, -0.25) is 5.32 Å². The molecule has 0 saturated carbocycles. The number of hydrogen-bond acceptors (Lipinski definition) is 7. The highest BCUT2D eigenvalue weighted by atomic mass is 16.5. The number of rotatable bonds is 3. The van der Waals surface area contributed by atoms with E-state index in [0.717, 1.165) is 0 Å². The number of furan rings is 1. The van der Waals surface area contributed by atoms with Crippen LogP contribution in [0.4, 0.5) is 0 Å². The van der Waals surface area contributed by atoms with Crippen LogP contribution in [0.15, 0.2) is 39.3 Å². The molecule has 104 valence electrons. The van der Waals surface area contributed by atoms with Gasteiger partial charge >= 0.3 is 5.97 Å². The predicted molar refractivity (Wildman–Crippen MR) is 70.1 cm³/mol. The minimum atomic E-state index is -0.565. The number of ether oxygens (including phenoxy) is 1. The lowest BCUT2D eigenvalue weighted by Gasteiger charge is -2.24. The maximum atomic E-state index is 12.1. The van der Waals surface area contributed by atoms with Gasteiger partial charge in [0.1, 0.15) is 6.04 Å². The van der Waals surface area contributed by atoms with Gasteiger partial charge in [0.2, 0.25) is 5.96 Å². The highest BCUT2D eigenvalue weighted by molar-refractivity contribution is 5.95. The molecule has 7 nitrogen and oxygen atoms in total. The Bertz CT molecular complexity index is 596. The first-order valence-electron chi connectivity index (χ1n) is 6.07. The largest absolute Gasteiger partial charge is 0.472 e. The van der Waals surface area contributed by atoms with E-state index in [2.05, 4.69) is 15.6 Å². The monoisotopic (exact) mass is 274 g/mol. The van der Waals surface area contributed by atoms with E-state index in [1.165, 1.54) is 12.5 Å². The molecule has 1 aromatic heterocycles. The van der Waals surface area contributed by atoms with Crippen molar-refractivity contribution in [3.05, 3.63) is 35.4 Å². The molecule has 2 heterocycles. The third-order valence-corrected chi connectivity index (χ3v) is 2.77. The Morgan fingerprint density at radius 1 is 1.70 bits per heavy atom. The van der Waals surface area contributed by atoms with E-state index in [4.69, 9.17) is 14.4 Å². The first-order chi connectivity index (χ1) is 9.67. The molecular weight excluding hydrogens is 260 g/mol. The zero-order valence-corrected chi connectivity index (χ0v) is 11.1. The lowest BCUT2D eigenvalue weighted by Crippen LogP contribution is -2.39. The number of esters is 1. The van der Waals surface area contributed by atoms with Crippen molar-refractivity contribution in [2.24, 2.45) is 4.99 Å². The summed E-state index contributed by atoms with van der Waals surface area (Å²) in [6, 6.07) is 1.15. The standard InChI is InChI=1S/C13H14N4O3/c1-3-20-12(18)10-8(2)16-13(15-7-14)17-11(10)9-4-5-19-6-9/h4-6,11H,3H2,1-2H3,(H2,15,16,17). The second kappa shape index (κ2) is 5.93. The van der Waals surface area contributed by atoms with Crippen LogP contribution < -0.4 is 10.6 Å². The summed E-state index contributed by atoms with van der Waals surface area (Å²) >= 11 is 0. The zero-order valence-electron chi connectivity index (χ0n) is 11.1. The zero-order chi connectivity index (χ0) is 14.5. The summed E-state index contributed by atoms with van der Waals surface area (Å²) in [5.41, 5.74) is 1.70. The molecule has 0 spiro atoms. The molecule has 1 aliphatic heterocycles. The Balaban J connectivity index is 2.40. The second-order valence-electron chi connectivity index (χ2n) is 4.06. The van der Waals surface area contributed by atoms with E-state index in [-0.39, 0.29) is 12.6 Å². The molecule has 1 aliphatic rings. The van der Waals surface area contributed by atoms with Gasteiger partial charge < -0.3 is 14.5 Å². The first-order valence-corrected chi connectivity index (χ1v) is 6.07. The summed E-state index contributed by atoms with van der Waals surface area (Å²) in [4.78, 5) is 16.4. The van der Waals surface area contributed by atoms with Crippen molar-refractivity contribution in [3.63, 3.8) is 0 Å². The van der Waals surface area contributed by atoms with Gasteiger partial charge in [0, 0.05) is 11.3 Å². The maximum Gasteiger partial charge on any atom is 0.338 e. The van der Waals surface area contributed by atoms with Crippen molar-refractivity contribution in [3.8, 4) is 6.19 Å². The molecule has 0 aliphatic carbocycles. The first kappa shape index (κ1) is 13.7. The highest BCUT2D eigenvalue weighted by Gasteiger charge is 2.30. The van der Waals surface area contributed by atoms with E-state index >= 15 is 0 Å². The summed E-state index contributed by atoms with van der Waals surface area (Å²) < 4.78 is 10.1. The number of nitrogens with zero attached hydrogens (tertiary/aromatic N) is 2. The molecular formula is C13H14N4O3. The SMILES string of the molecule is CCOC(=O)C1=C(C)NC(NC#N)=NC1c1ccoc1. The van der Waals surface area contributed by atoms with Crippen LogP contribution in [0.5, 0.6) is 0 Å². The lowest BCUT2D eigenvalue weighted by molar-refractivity contribution is -0.138. The fourth-order valence-corrected chi connectivity index (χ4v) is 1.94. The average molecular weight is 274 g/mol. The summed E-state index contributed by atoms with van der Waals surface area (Å²) in [7, 11) is 0. The quantitative estimate of drug-likeness (QED) is 0.488. The van der Waals surface area contributed by atoms with Gasteiger partial charge in [0.25, 0.3) is 0 Å². The molecule has 7 heteroatoms. The van der Waals surface area contributed by atoms with Crippen LogP contribution in [0.3, 0.4) is 0 Å². The number of nitriles is 1. The second-order valence-corrected chi connectivity index (χ2v) is 4.06. The molecule has 0 aromatic carbocycles. The van der Waals surface area contributed by atoms with E-state index < -0.39 is 12.0 Å². The van der Waals surface area contributed by atoms with Crippen molar-refractivity contribution in [2.75, 3.05) is 6.61 Å². The van der Waals surface area contributed by atoms with Crippen LogP contribution >= 0.6 is 0 Å². The van der Waals surface area contributed by atoms with Crippen molar-refractivity contribution in [1.82, 2.24) is 10.6 Å². The van der Waals surface area contributed by atoms with Crippen molar-refractivity contribution < 1.29 is 13.9 Å². The van der Waals surface area contributed by atoms with Gasteiger partial charge in [-0.05, 0) is 19.9 Å². The predicted octanol–water partition coefficient (Wildman–Crippen LogP) is 1.19. The number of carbonyl (C=O) groups is 1. The Kier molecular flexibility index (Phi) is 4.05. The topological polar surface area (TPSA) is 99.7 Å². The fourth-order valence-electron chi connectivity index (χ4n) is 1.94. The number of allylic oxidation sites excluding steroid dienone is 1. The molecule has 2 rings (SSSR count). The fraction of sp³-hybridized carbons (Fsp3) is 0.308. The van der Waals surface area contributed by atoms with Crippen molar-refractivity contribution in [2.45, 2.75) is 19.9 Å². The number of carbonyl (C=O) groups excluding carboxylic acids is 1. The number of aliphatic imine (C=N–C) groups is 1. The van der Waals surface area contributed by atoms with Crippen LogP contribution in [-0.4, -0.2) is 18.5 Å². The number of guanidine groups is 1. The van der Waals surface area contributed by atoms with Crippen LogP contribution in [-0.2, 0) is 9.53 Å².